The van der Waals surface area contributed by atoms with E-state index in [-0.39, 0.29) is 6.42 Å². The molecule has 0 unspecified atom stereocenters. The van der Waals surface area contributed by atoms with Crippen molar-refractivity contribution in [1.29, 1.82) is 0 Å². The molecule has 0 fully saturated rings. The number of nitrogens with zero attached hydrogens (tertiary/aromatic N) is 3. The summed E-state index contributed by atoms with van der Waals surface area (Å²) in [5.74, 6) is 0.498. The molecule has 26 heavy (non-hydrogen) atoms. The Morgan fingerprint density at radius 3 is 2.50 bits per heavy atom. The van der Waals surface area contributed by atoms with Crippen molar-refractivity contribution in [2.24, 2.45) is 10.2 Å². The third-order valence-corrected chi connectivity index (χ3v) is 3.46. The largest absolute Gasteiger partial charge is 0.490 e. The molecule has 138 valence electrons. The molecule has 0 bridgehead atoms. The fourth-order valence-electron chi connectivity index (χ4n) is 2.21. The maximum absolute atomic E-state index is 10.5. The first-order chi connectivity index (χ1) is 12.7. The van der Waals surface area contributed by atoms with Crippen LogP contribution in [0.15, 0.2) is 53.0 Å². The summed E-state index contributed by atoms with van der Waals surface area (Å²) in [6, 6.07) is 8.95. The Morgan fingerprint density at radius 2 is 1.77 bits per heavy atom. The number of azo groups is 1. The van der Waals surface area contributed by atoms with Crippen molar-refractivity contribution in [2.75, 3.05) is 13.2 Å². The number of pyridine rings is 1. The molecule has 0 atom stereocenters. The highest BCUT2D eigenvalue weighted by atomic mass is 16.5. The van der Waals surface area contributed by atoms with Crippen LogP contribution in [0.3, 0.4) is 0 Å². The zero-order valence-electron chi connectivity index (χ0n) is 14.8. The fourth-order valence-corrected chi connectivity index (χ4v) is 2.21. The molecule has 0 saturated carbocycles. The van der Waals surface area contributed by atoms with Gasteiger partial charge in [0, 0.05) is 24.9 Å². The van der Waals surface area contributed by atoms with Gasteiger partial charge in [0.15, 0.2) is 11.5 Å². The molecule has 0 spiro atoms. The molecular formula is C19H23N3O4. The van der Waals surface area contributed by atoms with Gasteiger partial charge in [-0.15, -0.1) is 0 Å². The first kappa shape index (κ1) is 19.4. The van der Waals surface area contributed by atoms with Gasteiger partial charge in [0.2, 0.25) is 0 Å². The molecule has 7 heteroatoms. The summed E-state index contributed by atoms with van der Waals surface area (Å²) in [7, 11) is 0. The quantitative estimate of drug-likeness (QED) is 0.455. The lowest BCUT2D eigenvalue weighted by Gasteiger charge is -2.12. The van der Waals surface area contributed by atoms with Crippen LogP contribution in [-0.4, -0.2) is 29.3 Å². The minimum Gasteiger partial charge on any atom is -0.490 e. The Balaban J connectivity index is 1.92. The number of unbranched alkanes of at least 4 members (excludes halogenated alkanes) is 2. The molecule has 1 aromatic carbocycles. The number of carboxylic acid groups (broad SMARTS) is 1. The predicted octanol–water partition coefficient (Wildman–Crippen LogP) is 4.92. The fraction of sp³-hybridized carbons (Fsp3) is 0.368. The summed E-state index contributed by atoms with van der Waals surface area (Å²) in [6.07, 6.45) is 5.78. The van der Waals surface area contributed by atoms with Crippen LogP contribution in [0.5, 0.6) is 11.5 Å². The molecule has 1 aromatic heterocycles. The molecule has 7 nitrogen and oxygen atoms in total. The molecule has 1 N–H and O–H groups in total. The van der Waals surface area contributed by atoms with Crippen LogP contribution >= 0.6 is 0 Å². The van der Waals surface area contributed by atoms with Gasteiger partial charge in [0.25, 0.3) is 0 Å². The summed E-state index contributed by atoms with van der Waals surface area (Å²) in [6.45, 7) is 2.93. The zero-order chi connectivity index (χ0) is 18.6. The van der Waals surface area contributed by atoms with Crippen LogP contribution in [-0.2, 0) is 4.79 Å². The van der Waals surface area contributed by atoms with Crippen LogP contribution in [0.25, 0.3) is 0 Å². The number of aromatic nitrogens is 1. The van der Waals surface area contributed by atoms with Gasteiger partial charge in [-0.2, -0.15) is 10.2 Å². The van der Waals surface area contributed by atoms with Crippen molar-refractivity contribution < 1.29 is 19.4 Å². The van der Waals surface area contributed by atoms with E-state index in [9.17, 15) is 4.79 Å². The smallest absolute Gasteiger partial charge is 0.303 e. The SMILES string of the molecule is CCOc1cc(N=Nc2ccncc2)ccc1OCCCCCC(=O)O. The zero-order valence-corrected chi connectivity index (χ0v) is 14.8. The Bertz CT molecular complexity index is 720. The van der Waals surface area contributed by atoms with E-state index in [1.165, 1.54) is 0 Å². The molecule has 0 aliphatic heterocycles. The normalized spacial score (nSPS) is 10.8. The van der Waals surface area contributed by atoms with E-state index < -0.39 is 5.97 Å². The first-order valence-electron chi connectivity index (χ1n) is 8.62. The molecule has 0 amide bonds. The second kappa shape index (κ2) is 10.8. The maximum Gasteiger partial charge on any atom is 0.303 e. The Kier molecular flexibility index (Phi) is 8.05. The van der Waals surface area contributed by atoms with Gasteiger partial charge in [0.05, 0.1) is 24.6 Å². The molecule has 1 heterocycles. The lowest BCUT2D eigenvalue weighted by Crippen LogP contribution is -2.01. The van der Waals surface area contributed by atoms with E-state index in [4.69, 9.17) is 14.6 Å². The maximum atomic E-state index is 10.5. The summed E-state index contributed by atoms with van der Waals surface area (Å²) in [5, 5.41) is 17.0. The van der Waals surface area contributed by atoms with E-state index >= 15 is 0 Å². The average Bonchev–Trinajstić information content (AvgIpc) is 2.65. The van der Waals surface area contributed by atoms with Crippen LogP contribution in [0.2, 0.25) is 0 Å². The van der Waals surface area contributed by atoms with E-state index in [0.717, 1.165) is 18.5 Å². The van der Waals surface area contributed by atoms with Crippen molar-refractivity contribution >= 4 is 17.3 Å². The van der Waals surface area contributed by atoms with Gasteiger partial charge in [0.1, 0.15) is 0 Å². The average molecular weight is 357 g/mol. The van der Waals surface area contributed by atoms with Crippen molar-refractivity contribution in [3.8, 4) is 11.5 Å². The van der Waals surface area contributed by atoms with Gasteiger partial charge in [-0.1, -0.05) is 0 Å². The van der Waals surface area contributed by atoms with Crippen molar-refractivity contribution in [3.05, 3.63) is 42.7 Å². The second-order valence-corrected chi connectivity index (χ2v) is 5.52. The number of hydrogen-bond donors (Lipinski definition) is 1. The van der Waals surface area contributed by atoms with Crippen molar-refractivity contribution in [2.45, 2.75) is 32.6 Å². The van der Waals surface area contributed by atoms with Crippen LogP contribution in [0, 0.1) is 0 Å². The number of ether oxygens (including phenoxy) is 2. The van der Waals surface area contributed by atoms with Crippen molar-refractivity contribution in [3.63, 3.8) is 0 Å². The highest BCUT2D eigenvalue weighted by molar-refractivity contribution is 5.66. The van der Waals surface area contributed by atoms with Gasteiger partial charge in [-0.25, -0.2) is 0 Å². The Labute approximate surface area is 152 Å². The molecule has 0 saturated heterocycles. The minimum absolute atomic E-state index is 0.196. The molecule has 0 aliphatic carbocycles. The van der Waals surface area contributed by atoms with Gasteiger partial charge < -0.3 is 14.6 Å². The van der Waals surface area contributed by atoms with E-state index in [1.807, 2.05) is 19.1 Å². The van der Waals surface area contributed by atoms with Gasteiger partial charge in [-0.3, -0.25) is 9.78 Å². The monoisotopic (exact) mass is 357 g/mol. The highest BCUT2D eigenvalue weighted by Crippen LogP contribution is 2.32. The summed E-state index contributed by atoms with van der Waals surface area (Å²) in [4.78, 5) is 14.4. The number of aliphatic carboxylic acids is 1. The van der Waals surface area contributed by atoms with Crippen molar-refractivity contribution in [1.82, 2.24) is 4.98 Å². The van der Waals surface area contributed by atoms with Crippen LogP contribution < -0.4 is 9.47 Å². The number of carboxylic acids is 1. The molecule has 2 rings (SSSR count). The minimum atomic E-state index is -0.763. The third-order valence-electron chi connectivity index (χ3n) is 3.46. The highest BCUT2D eigenvalue weighted by Gasteiger charge is 2.07. The van der Waals surface area contributed by atoms with Crippen LogP contribution in [0.1, 0.15) is 32.6 Å². The number of carbonyl (C=O) groups is 1. The number of hydrogen-bond acceptors (Lipinski definition) is 6. The standard InChI is InChI=1S/C19H23N3O4/c1-2-25-18-14-16(22-21-15-9-11-20-12-10-15)7-8-17(18)26-13-5-3-4-6-19(23)24/h7-12,14H,2-6,13H2,1H3,(H,23,24). The third kappa shape index (κ3) is 6.88. The summed E-state index contributed by atoms with van der Waals surface area (Å²) in [5.41, 5.74) is 1.39. The Morgan fingerprint density at radius 1 is 1.00 bits per heavy atom. The van der Waals surface area contributed by atoms with Gasteiger partial charge in [-0.05, 0) is 50.5 Å². The first-order valence-corrected chi connectivity index (χ1v) is 8.62. The molecule has 0 aliphatic rings. The number of benzene rings is 1. The second-order valence-electron chi connectivity index (χ2n) is 5.52. The van der Waals surface area contributed by atoms with E-state index in [2.05, 4.69) is 15.2 Å². The number of rotatable bonds is 11. The molecule has 0 radical (unpaired) electrons. The van der Waals surface area contributed by atoms with Gasteiger partial charge >= 0.3 is 5.97 Å². The van der Waals surface area contributed by atoms with Crippen LogP contribution in [0.4, 0.5) is 11.4 Å². The van der Waals surface area contributed by atoms with E-state index in [1.54, 1.807) is 30.6 Å². The molecular weight excluding hydrogens is 334 g/mol. The summed E-state index contributed by atoms with van der Waals surface area (Å²) >= 11 is 0. The predicted molar refractivity (Wildman–Crippen MR) is 97.6 cm³/mol. The lowest BCUT2D eigenvalue weighted by molar-refractivity contribution is -0.137. The summed E-state index contributed by atoms with van der Waals surface area (Å²) < 4.78 is 11.4. The lowest BCUT2D eigenvalue weighted by atomic mass is 10.2. The Hall–Kier alpha value is -2.96. The topological polar surface area (TPSA) is 93.4 Å². The van der Waals surface area contributed by atoms with E-state index in [0.29, 0.717) is 36.8 Å². The molecule has 2 aromatic rings.